The predicted octanol–water partition coefficient (Wildman–Crippen LogP) is 3.18. The molecule has 1 atom stereocenters. The minimum Gasteiger partial charge on any atom is -0.478 e. The lowest BCUT2D eigenvalue weighted by molar-refractivity contribution is -0.385. The van der Waals surface area contributed by atoms with Crippen molar-refractivity contribution in [3.63, 3.8) is 0 Å². The number of hydrogen-bond acceptors (Lipinski definition) is 5. The van der Waals surface area contributed by atoms with Gasteiger partial charge in [0.15, 0.2) is 0 Å². The minimum absolute atomic E-state index is 0.0619. The topological polar surface area (TPSA) is 83.7 Å². The molecule has 6 nitrogen and oxygen atoms in total. The summed E-state index contributed by atoms with van der Waals surface area (Å²) in [6, 6.07) is 2.82. The molecule has 0 saturated heterocycles. The van der Waals surface area contributed by atoms with Gasteiger partial charge in [-0.3, -0.25) is 10.1 Å². The van der Waals surface area contributed by atoms with Crippen molar-refractivity contribution in [1.29, 1.82) is 0 Å². The number of carbonyl (C=O) groups is 1. The predicted molar refractivity (Wildman–Crippen MR) is 85.7 cm³/mol. The van der Waals surface area contributed by atoms with E-state index < -0.39 is 10.9 Å². The van der Waals surface area contributed by atoms with E-state index in [1.165, 1.54) is 6.07 Å². The molecular formula is C14H20N2O4S. The minimum atomic E-state index is -1.16. The Bertz CT molecular complexity index is 548. The molecule has 7 heteroatoms. The van der Waals surface area contributed by atoms with Gasteiger partial charge in [0.05, 0.1) is 16.1 Å². The quantitative estimate of drug-likeness (QED) is 0.615. The van der Waals surface area contributed by atoms with Gasteiger partial charge in [-0.05, 0) is 25.7 Å². The maximum absolute atomic E-state index is 11.2. The normalized spacial score (nSPS) is 12.0. The van der Waals surface area contributed by atoms with E-state index in [0.29, 0.717) is 11.3 Å². The Labute approximate surface area is 128 Å². The highest BCUT2D eigenvalue weighted by Gasteiger charge is 2.23. The largest absolute Gasteiger partial charge is 0.478 e. The van der Waals surface area contributed by atoms with Gasteiger partial charge in [0, 0.05) is 30.6 Å². The first-order valence-corrected chi connectivity index (χ1v) is 7.96. The Hall–Kier alpha value is -1.76. The third-order valence-corrected chi connectivity index (χ3v) is 4.27. The number of rotatable bonds is 7. The van der Waals surface area contributed by atoms with Gasteiger partial charge in [-0.2, -0.15) is 11.8 Å². The van der Waals surface area contributed by atoms with Crippen LogP contribution in [0, 0.1) is 17.0 Å². The van der Waals surface area contributed by atoms with E-state index >= 15 is 0 Å². The summed E-state index contributed by atoms with van der Waals surface area (Å²) < 4.78 is 0. The van der Waals surface area contributed by atoms with E-state index in [2.05, 4.69) is 0 Å². The number of carboxylic acid groups (broad SMARTS) is 1. The van der Waals surface area contributed by atoms with Crippen molar-refractivity contribution in [1.82, 2.24) is 0 Å². The Morgan fingerprint density at radius 2 is 2.14 bits per heavy atom. The van der Waals surface area contributed by atoms with Crippen molar-refractivity contribution < 1.29 is 14.8 Å². The van der Waals surface area contributed by atoms with Crippen LogP contribution in [0.5, 0.6) is 0 Å². The molecule has 0 fully saturated rings. The van der Waals surface area contributed by atoms with Crippen LogP contribution in [0.25, 0.3) is 0 Å². The van der Waals surface area contributed by atoms with E-state index in [-0.39, 0.29) is 17.3 Å². The maximum atomic E-state index is 11.2. The lowest BCUT2D eigenvalue weighted by atomic mass is 10.0. The lowest BCUT2D eigenvalue weighted by Crippen LogP contribution is -2.33. The molecular weight excluding hydrogens is 292 g/mol. The maximum Gasteiger partial charge on any atom is 0.336 e. The van der Waals surface area contributed by atoms with E-state index in [9.17, 15) is 14.9 Å². The molecule has 0 aliphatic carbocycles. The number of benzene rings is 1. The molecule has 1 aromatic carbocycles. The smallest absolute Gasteiger partial charge is 0.336 e. The van der Waals surface area contributed by atoms with Crippen LogP contribution >= 0.6 is 11.8 Å². The zero-order valence-electron chi connectivity index (χ0n) is 12.6. The average Bonchev–Trinajstić information content (AvgIpc) is 2.43. The average molecular weight is 312 g/mol. The molecule has 0 aliphatic rings. The van der Waals surface area contributed by atoms with Crippen molar-refractivity contribution in [3.05, 3.63) is 33.4 Å². The summed E-state index contributed by atoms with van der Waals surface area (Å²) in [6.45, 7) is 3.70. The van der Waals surface area contributed by atoms with Crippen molar-refractivity contribution >= 4 is 29.1 Å². The zero-order chi connectivity index (χ0) is 16.2. The van der Waals surface area contributed by atoms with Crippen LogP contribution in [0.4, 0.5) is 11.4 Å². The molecule has 116 valence electrons. The fourth-order valence-corrected chi connectivity index (χ4v) is 3.10. The van der Waals surface area contributed by atoms with Crippen LogP contribution in [0.15, 0.2) is 12.1 Å². The highest BCUT2D eigenvalue weighted by atomic mass is 32.2. The summed E-state index contributed by atoms with van der Waals surface area (Å²) in [5, 5.41) is 20.3. The summed E-state index contributed by atoms with van der Waals surface area (Å²) in [5.41, 5.74) is 0.874. The second-order valence-corrected chi connectivity index (χ2v) is 5.74. The Kier molecular flexibility index (Phi) is 6.02. The van der Waals surface area contributed by atoms with Crippen molar-refractivity contribution in [2.75, 3.05) is 24.0 Å². The van der Waals surface area contributed by atoms with E-state index in [1.807, 2.05) is 25.1 Å². The van der Waals surface area contributed by atoms with E-state index in [4.69, 9.17) is 5.11 Å². The van der Waals surface area contributed by atoms with Crippen molar-refractivity contribution in [2.24, 2.45) is 0 Å². The summed E-state index contributed by atoms with van der Waals surface area (Å²) in [7, 11) is 1.85. The molecule has 0 radical (unpaired) electrons. The standard InChI is InChI=1S/C14H20N2O4S/c1-5-11(8-21-4)15(3)12-6-10(14(17)18)7-13(9(12)2)16(19)20/h6-7,11H,5,8H2,1-4H3,(H,17,18). The Morgan fingerprint density at radius 1 is 1.52 bits per heavy atom. The van der Waals surface area contributed by atoms with Gasteiger partial charge < -0.3 is 10.0 Å². The number of carboxylic acids is 1. The van der Waals surface area contributed by atoms with Crippen LogP contribution in [0.3, 0.4) is 0 Å². The molecule has 0 aromatic heterocycles. The molecule has 21 heavy (non-hydrogen) atoms. The SMILES string of the molecule is CCC(CSC)N(C)c1cc(C(=O)O)cc([N+](=O)[O-])c1C. The van der Waals surface area contributed by atoms with Gasteiger partial charge >= 0.3 is 5.97 Å². The molecule has 0 spiro atoms. The number of thioether (sulfide) groups is 1. The number of nitro benzene ring substituents is 1. The monoisotopic (exact) mass is 312 g/mol. The number of anilines is 1. The first-order chi connectivity index (χ1) is 9.83. The summed E-state index contributed by atoms with van der Waals surface area (Å²) in [6.07, 6.45) is 2.88. The fourth-order valence-electron chi connectivity index (χ4n) is 2.26. The van der Waals surface area contributed by atoms with Gasteiger partial charge in [0.2, 0.25) is 0 Å². The van der Waals surface area contributed by atoms with Gasteiger partial charge in [0.25, 0.3) is 5.69 Å². The third-order valence-electron chi connectivity index (χ3n) is 3.55. The van der Waals surface area contributed by atoms with Crippen LogP contribution in [0.2, 0.25) is 0 Å². The highest BCUT2D eigenvalue weighted by molar-refractivity contribution is 7.98. The first-order valence-electron chi connectivity index (χ1n) is 6.57. The summed E-state index contributed by atoms with van der Waals surface area (Å²) in [5.74, 6) is -0.289. The van der Waals surface area contributed by atoms with Gasteiger partial charge in [0.1, 0.15) is 0 Å². The van der Waals surface area contributed by atoms with Crippen LogP contribution in [0.1, 0.15) is 29.3 Å². The van der Waals surface area contributed by atoms with E-state index in [1.54, 1.807) is 18.7 Å². The number of nitrogens with zero attached hydrogens (tertiary/aromatic N) is 2. The van der Waals surface area contributed by atoms with Crippen LogP contribution in [-0.4, -0.2) is 41.1 Å². The van der Waals surface area contributed by atoms with Gasteiger partial charge in [-0.1, -0.05) is 6.92 Å². The lowest BCUT2D eigenvalue weighted by Gasteiger charge is -2.30. The van der Waals surface area contributed by atoms with Crippen LogP contribution < -0.4 is 4.90 Å². The molecule has 1 aromatic rings. The summed E-state index contributed by atoms with van der Waals surface area (Å²) in [4.78, 5) is 23.7. The third kappa shape index (κ3) is 3.87. The molecule has 1 unspecified atom stereocenters. The first kappa shape index (κ1) is 17.3. The molecule has 1 N–H and O–H groups in total. The Balaban J connectivity index is 3.39. The highest BCUT2D eigenvalue weighted by Crippen LogP contribution is 2.31. The van der Waals surface area contributed by atoms with Crippen molar-refractivity contribution in [2.45, 2.75) is 26.3 Å². The molecule has 0 heterocycles. The number of hydrogen-bond donors (Lipinski definition) is 1. The summed E-state index contributed by atoms with van der Waals surface area (Å²) >= 11 is 1.69. The molecule has 0 aliphatic heterocycles. The van der Waals surface area contributed by atoms with Gasteiger partial charge in [-0.25, -0.2) is 4.79 Å². The van der Waals surface area contributed by atoms with Gasteiger partial charge in [-0.15, -0.1) is 0 Å². The molecule has 1 rings (SSSR count). The molecule has 0 amide bonds. The molecule has 0 bridgehead atoms. The number of nitro groups is 1. The van der Waals surface area contributed by atoms with E-state index in [0.717, 1.165) is 18.2 Å². The Morgan fingerprint density at radius 3 is 2.57 bits per heavy atom. The number of aromatic carboxylic acids is 1. The zero-order valence-corrected chi connectivity index (χ0v) is 13.4. The fraction of sp³-hybridized carbons (Fsp3) is 0.500. The van der Waals surface area contributed by atoms with Crippen LogP contribution in [-0.2, 0) is 0 Å². The second-order valence-electron chi connectivity index (χ2n) is 4.83. The van der Waals surface area contributed by atoms with Crippen molar-refractivity contribution in [3.8, 4) is 0 Å². The molecule has 0 saturated carbocycles. The second kappa shape index (κ2) is 7.31.